The fourth-order valence-corrected chi connectivity index (χ4v) is 4.23. The number of nitrogens with zero attached hydrogens (tertiary/aromatic N) is 1. The molecule has 0 aliphatic heterocycles. The summed E-state index contributed by atoms with van der Waals surface area (Å²) in [6.45, 7) is 10.1. The smallest absolute Gasteiger partial charge is 0.324 e. The van der Waals surface area contributed by atoms with E-state index in [1.165, 1.54) is 12.1 Å². The van der Waals surface area contributed by atoms with Crippen molar-refractivity contribution in [2.24, 2.45) is 5.92 Å². The first-order valence-corrected chi connectivity index (χ1v) is 10.6. The van der Waals surface area contributed by atoms with Crippen LogP contribution in [0, 0.1) is 11.7 Å². The molecule has 0 aliphatic carbocycles. The molecule has 1 aromatic rings. The minimum atomic E-state index is -4.28. The number of carbonyl (C=O) groups excluding carboxylic acids is 2. The molecule has 9 heteroatoms. The number of carbonyl (C=O) groups is 2. The first-order valence-electron chi connectivity index (χ1n) is 9.13. The molecule has 1 aromatic carbocycles. The number of ether oxygens (including phenoxy) is 1. The number of benzene rings is 1. The Balaban J connectivity index is 2.90. The van der Waals surface area contributed by atoms with E-state index in [0.717, 1.165) is 12.1 Å². The summed E-state index contributed by atoms with van der Waals surface area (Å²) < 4.78 is 46.0. The molecule has 0 spiro atoms. The third kappa shape index (κ3) is 6.27. The number of hydrogen-bond donors (Lipinski definition) is 1. The van der Waals surface area contributed by atoms with Crippen molar-refractivity contribution in [3.05, 3.63) is 30.1 Å². The second kappa shape index (κ2) is 9.97. The predicted octanol–water partition coefficient (Wildman–Crippen LogP) is 2.32. The molecule has 1 amide bonds. The van der Waals surface area contributed by atoms with Gasteiger partial charge in [0.25, 0.3) is 5.91 Å². The molecule has 0 saturated heterocycles. The topological polar surface area (TPSA) is 92.8 Å². The summed E-state index contributed by atoms with van der Waals surface area (Å²) in [5.74, 6) is -2.67. The van der Waals surface area contributed by atoms with Gasteiger partial charge in [-0.05, 0) is 45.7 Å². The largest absolute Gasteiger partial charge is 0.454 e. The average Bonchev–Trinajstić information content (AvgIpc) is 2.57. The SMILES string of the molecule is CC(C)[C@H](NS(=O)(=O)c1ccccc1F)C(=O)OCC(=O)N(C(C)C)C(C)C. The molecule has 7 nitrogen and oxygen atoms in total. The Morgan fingerprint density at radius 2 is 1.61 bits per heavy atom. The normalized spacial score (nSPS) is 13.1. The Kier molecular flexibility index (Phi) is 8.56. The van der Waals surface area contributed by atoms with Crippen LogP contribution in [0.3, 0.4) is 0 Å². The number of rotatable bonds is 9. The van der Waals surface area contributed by atoms with Crippen LogP contribution in [0.2, 0.25) is 0 Å². The third-order valence-electron chi connectivity index (χ3n) is 4.07. The second-order valence-corrected chi connectivity index (χ2v) is 9.05. The highest BCUT2D eigenvalue weighted by molar-refractivity contribution is 7.89. The quantitative estimate of drug-likeness (QED) is 0.624. The van der Waals surface area contributed by atoms with Gasteiger partial charge in [-0.1, -0.05) is 26.0 Å². The maximum atomic E-state index is 13.8. The van der Waals surface area contributed by atoms with Gasteiger partial charge in [0.2, 0.25) is 10.0 Å². The summed E-state index contributed by atoms with van der Waals surface area (Å²) in [6.07, 6.45) is 0. The van der Waals surface area contributed by atoms with E-state index in [-0.39, 0.29) is 18.0 Å². The van der Waals surface area contributed by atoms with E-state index >= 15 is 0 Å². The summed E-state index contributed by atoms with van der Waals surface area (Å²) in [4.78, 5) is 25.8. The van der Waals surface area contributed by atoms with Gasteiger partial charge in [-0.3, -0.25) is 9.59 Å². The van der Waals surface area contributed by atoms with E-state index in [4.69, 9.17) is 4.74 Å². The number of sulfonamides is 1. The molecule has 0 radical (unpaired) electrons. The molecule has 0 aliphatic rings. The van der Waals surface area contributed by atoms with E-state index in [9.17, 15) is 22.4 Å². The monoisotopic (exact) mass is 416 g/mol. The number of esters is 1. The molecule has 0 unspecified atom stereocenters. The molecule has 0 bridgehead atoms. The predicted molar refractivity (Wildman–Crippen MR) is 103 cm³/mol. The lowest BCUT2D eigenvalue weighted by atomic mass is 10.1. The molecule has 0 fully saturated rings. The molecule has 1 N–H and O–H groups in total. The number of nitrogens with one attached hydrogen (secondary N) is 1. The molecule has 0 saturated carbocycles. The maximum Gasteiger partial charge on any atom is 0.324 e. The zero-order valence-corrected chi connectivity index (χ0v) is 17.9. The fourth-order valence-electron chi connectivity index (χ4n) is 2.82. The molecule has 1 rings (SSSR count). The van der Waals surface area contributed by atoms with Crippen LogP contribution in [0.5, 0.6) is 0 Å². The van der Waals surface area contributed by atoms with E-state index in [0.29, 0.717) is 0 Å². The Morgan fingerprint density at radius 3 is 2.07 bits per heavy atom. The highest BCUT2D eigenvalue weighted by Gasteiger charge is 2.32. The molecule has 1 atom stereocenters. The van der Waals surface area contributed by atoms with Crippen LogP contribution in [0.25, 0.3) is 0 Å². The molecule has 0 heterocycles. The maximum absolute atomic E-state index is 13.8. The van der Waals surface area contributed by atoms with E-state index < -0.39 is 45.3 Å². The number of hydrogen-bond acceptors (Lipinski definition) is 5. The minimum Gasteiger partial charge on any atom is -0.454 e. The first-order chi connectivity index (χ1) is 12.9. The average molecular weight is 417 g/mol. The van der Waals surface area contributed by atoms with Crippen molar-refractivity contribution >= 4 is 21.9 Å². The zero-order valence-electron chi connectivity index (χ0n) is 17.1. The summed E-state index contributed by atoms with van der Waals surface area (Å²) >= 11 is 0. The van der Waals surface area contributed by atoms with Crippen LogP contribution in [0.4, 0.5) is 4.39 Å². The molecule has 158 valence electrons. The standard InChI is InChI=1S/C19H29FN2O5S/c1-12(2)18(21-28(25,26)16-10-8-7-9-15(16)20)19(24)27-11-17(23)22(13(3)4)14(5)6/h7-10,12-14,18,21H,11H2,1-6H3/t18-/m0/s1. The van der Waals surface area contributed by atoms with Crippen molar-refractivity contribution in [3.63, 3.8) is 0 Å². The van der Waals surface area contributed by atoms with Gasteiger partial charge in [0.15, 0.2) is 6.61 Å². The summed E-state index contributed by atoms with van der Waals surface area (Å²) in [6, 6.07) is 3.45. The van der Waals surface area contributed by atoms with Gasteiger partial charge in [-0.25, -0.2) is 12.8 Å². The number of halogens is 1. The Bertz CT molecular complexity index is 785. The summed E-state index contributed by atoms with van der Waals surface area (Å²) in [5.41, 5.74) is 0. The number of amides is 1. The molecule has 0 aromatic heterocycles. The lowest BCUT2D eigenvalue weighted by molar-refractivity contribution is -0.155. The summed E-state index contributed by atoms with van der Waals surface area (Å²) in [5, 5.41) is 0. The zero-order chi connectivity index (χ0) is 21.6. The van der Waals surface area contributed by atoms with Gasteiger partial charge in [0.05, 0.1) is 0 Å². The molecular weight excluding hydrogens is 387 g/mol. The third-order valence-corrected chi connectivity index (χ3v) is 5.54. The van der Waals surface area contributed by atoms with Crippen molar-refractivity contribution in [2.75, 3.05) is 6.61 Å². The highest BCUT2D eigenvalue weighted by atomic mass is 32.2. The Morgan fingerprint density at radius 1 is 1.07 bits per heavy atom. The van der Waals surface area contributed by atoms with Crippen LogP contribution in [-0.4, -0.2) is 49.9 Å². The van der Waals surface area contributed by atoms with Gasteiger partial charge < -0.3 is 9.64 Å². The lowest BCUT2D eigenvalue weighted by Gasteiger charge is -2.30. The van der Waals surface area contributed by atoms with Crippen molar-refractivity contribution in [2.45, 2.75) is 64.6 Å². The van der Waals surface area contributed by atoms with Crippen LogP contribution in [0.1, 0.15) is 41.5 Å². The van der Waals surface area contributed by atoms with Gasteiger partial charge >= 0.3 is 5.97 Å². The van der Waals surface area contributed by atoms with Gasteiger partial charge in [-0.15, -0.1) is 0 Å². The van der Waals surface area contributed by atoms with Crippen molar-refractivity contribution in [1.29, 1.82) is 0 Å². The van der Waals surface area contributed by atoms with Crippen LogP contribution < -0.4 is 4.72 Å². The molecular formula is C19H29FN2O5S. The van der Waals surface area contributed by atoms with Crippen molar-refractivity contribution in [1.82, 2.24) is 9.62 Å². The van der Waals surface area contributed by atoms with Gasteiger partial charge in [-0.2, -0.15) is 4.72 Å². The Hall–Kier alpha value is -2.00. The van der Waals surface area contributed by atoms with E-state index in [1.54, 1.807) is 18.7 Å². The lowest BCUT2D eigenvalue weighted by Crippen LogP contribution is -2.48. The van der Waals surface area contributed by atoms with E-state index in [2.05, 4.69) is 4.72 Å². The van der Waals surface area contributed by atoms with Crippen LogP contribution >= 0.6 is 0 Å². The van der Waals surface area contributed by atoms with Gasteiger partial charge in [0, 0.05) is 12.1 Å². The highest BCUT2D eigenvalue weighted by Crippen LogP contribution is 2.16. The summed E-state index contributed by atoms with van der Waals surface area (Å²) in [7, 11) is -4.28. The first kappa shape index (κ1) is 24.0. The van der Waals surface area contributed by atoms with Crippen LogP contribution in [-0.2, 0) is 24.3 Å². The minimum absolute atomic E-state index is 0.0772. The Labute approximate surface area is 166 Å². The second-order valence-electron chi connectivity index (χ2n) is 7.37. The fraction of sp³-hybridized carbons (Fsp3) is 0.579. The van der Waals surface area contributed by atoms with E-state index in [1.807, 2.05) is 27.7 Å². The van der Waals surface area contributed by atoms with Crippen molar-refractivity contribution in [3.8, 4) is 0 Å². The molecule has 28 heavy (non-hydrogen) atoms. The van der Waals surface area contributed by atoms with Crippen molar-refractivity contribution < 1.29 is 27.1 Å². The van der Waals surface area contributed by atoms with Crippen LogP contribution in [0.15, 0.2) is 29.2 Å². The van der Waals surface area contributed by atoms with Gasteiger partial charge in [0.1, 0.15) is 16.8 Å².